The standard InChI is InChI=1S/C10H22O8S2/c11-18-8-6-4-2-1-3-5-7-10(20(15,16)17)9-19(12,13)14/h10-11H,1-9H2,(H,12,13,14)(H,15,16,17). The SMILES string of the molecule is O=S(=O)(O)CC(CCCCCCCCOO)S(=O)(=O)O. The lowest BCUT2D eigenvalue weighted by Gasteiger charge is -2.11. The second-order valence-corrected chi connectivity index (χ2v) is 7.82. The Morgan fingerprint density at radius 1 is 0.850 bits per heavy atom. The third kappa shape index (κ3) is 11.6. The van der Waals surface area contributed by atoms with Crippen LogP contribution in [-0.4, -0.2) is 48.8 Å². The maximum atomic E-state index is 11.0. The molecule has 0 saturated carbocycles. The van der Waals surface area contributed by atoms with Gasteiger partial charge < -0.3 is 0 Å². The Morgan fingerprint density at radius 3 is 1.80 bits per heavy atom. The maximum absolute atomic E-state index is 11.0. The van der Waals surface area contributed by atoms with Gasteiger partial charge in [-0.3, -0.25) is 14.4 Å². The normalized spacial score (nSPS) is 14.3. The highest BCUT2D eigenvalue weighted by atomic mass is 32.2. The van der Waals surface area contributed by atoms with E-state index in [9.17, 15) is 16.8 Å². The topological polar surface area (TPSA) is 138 Å². The summed E-state index contributed by atoms with van der Waals surface area (Å²) >= 11 is 0. The second kappa shape index (κ2) is 9.64. The van der Waals surface area contributed by atoms with E-state index >= 15 is 0 Å². The predicted molar refractivity (Wildman–Crippen MR) is 72.7 cm³/mol. The van der Waals surface area contributed by atoms with Crippen LogP contribution in [-0.2, 0) is 25.1 Å². The minimum Gasteiger partial charge on any atom is -0.286 e. The Labute approximate surface area is 119 Å². The first-order valence-corrected chi connectivity index (χ1v) is 9.46. The molecule has 0 fully saturated rings. The zero-order valence-electron chi connectivity index (χ0n) is 11.1. The summed E-state index contributed by atoms with van der Waals surface area (Å²) < 4.78 is 60.9. The number of hydrogen-bond acceptors (Lipinski definition) is 6. The van der Waals surface area contributed by atoms with Gasteiger partial charge in [0, 0.05) is 0 Å². The highest BCUT2D eigenvalue weighted by molar-refractivity contribution is 7.90. The highest BCUT2D eigenvalue weighted by Crippen LogP contribution is 2.14. The van der Waals surface area contributed by atoms with Crippen molar-refractivity contribution in [3.05, 3.63) is 0 Å². The fourth-order valence-corrected chi connectivity index (χ4v) is 4.10. The lowest BCUT2D eigenvalue weighted by atomic mass is 10.1. The number of rotatable bonds is 12. The molecule has 0 aromatic heterocycles. The molecular formula is C10H22O8S2. The summed E-state index contributed by atoms with van der Waals surface area (Å²) in [7, 11) is -8.93. The van der Waals surface area contributed by atoms with E-state index in [-0.39, 0.29) is 13.0 Å². The molecular weight excluding hydrogens is 312 g/mol. The Hall–Kier alpha value is -0.260. The van der Waals surface area contributed by atoms with E-state index in [2.05, 4.69) is 4.89 Å². The van der Waals surface area contributed by atoms with Gasteiger partial charge in [0.1, 0.15) is 5.25 Å². The molecule has 0 bridgehead atoms. The van der Waals surface area contributed by atoms with Crippen molar-refractivity contribution in [3.63, 3.8) is 0 Å². The largest absolute Gasteiger partial charge is 0.286 e. The van der Waals surface area contributed by atoms with Crippen LogP contribution in [0.15, 0.2) is 0 Å². The molecule has 10 heteroatoms. The van der Waals surface area contributed by atoms with E-state index < -0.39 is 31.2 Å². The van der Waals surface area contributed by atoms with Crippen LogP contribution in [0.25, 0.3) is 0 Å². The van der Waals surface area contributed by atoms with Gasteiger partial charge in [0.2, 0.25) is 0 Å². The van der Waals surface area contributed by atoms with Gasteiger partial charge >= 0.3 is 0 Å². The van der Waals surface area contributed by atoms with Crippen LogP contribution >= 0.6 is 0 Å². The first-order valence-electron chi connectivity index (χ1n) is 6.34. The van der Waals surface area contributed by atoms with E-state index in [4.69, 9.17) is 14.4 Å². The lowest BCUT2D eigenvalue weighted by Crippen LogP contribution is -2.29. The highest BCUT2D eigenvalue weighted by Gasteiger charge is 2.27. The summed E-state index contributed by atoms with van der Waals surface area (Å²) in [6, 6.07) is 0. The van der Waals surface area contributed by atoms with E-state index in [1.54, 1.807) is 0 Å². The minimum atomic E-state index is -4.49. The molecule has 0 aromatic carbocycles. The van der Waals surface area contributed by atoms with Crippen molar-refractivity contribution >= 4 is 20.2 Å². The fraction of sp³-hybridized carbons (Fsp3) is 1.00. The molecule has 0 aliphatic heterocycles. The average Bonchev–Trinajstić information content (AvgIpc) is 2.28. The first-order chi connectivity index (χ1) is 9.17. The zero-order chi connectivity index (χ0) is 15.6. The molecule has 20 heavy (non-hydrogen) atoms. The van der Waals surface area contributed by atoms with Crippen molar-refractivity contribution in [2.45, 2.75) is 50.2 Å². The third-order valence-electron chi connectivity index (χ3n) is 2.83. The van der Waals surface area contributed by atoms with Gasteiger partial charge in [-0.25, -0.2) is 4.89 Å². The molecule has 0 heterocycles. The van der Waals surface area contributed by atoms with Crippen molar-refractivity contribution in [2.75, 3.05) is 12.4 Å². The smallest absolute Gasteiger partial charge is 0.268 e. The van der Waals surface area contributed by atoms with Gasteiger partial charge in [-0.2, -0.15) is 16.8 Å². The maximum Gasteiger partial charge on any atom is 0.268 e. The van der Waals surface area contributed by atoms with Gasteiger partial charge in [-0.05, 0) is 12.8 Å². The Balaban J connectivity index is 3.93. The Kier molecular flexibility index (Phi) is 9.51. The number of unbranched alkanes of at least 4 members (excludes halogenated alkanes) is 5. The van der Waals surface area contributed by atoms with Crippen molar-refractivity contribution in [1.82, 2.24) is 0 Å². The third-order valence-corrected chi connectivity index (χ3v) is 5.11. The molecule has 0 spiro atoms. The molecule has 1 unspecified atom stereocenters. The molecule has 0 aromatic rings. The molecule has 0 radical (unpaired) electrons. The average molecular weight is 334 g/mol. The summed E-state index contributed by atoms with van der Waals surface area (Å²) in [6.07, 6.45) is 4.43. The van der Waals surface area contributed by atoms with Gasteiger partial charge in [-0.15, -0.1) is 0 Å². The summed E-state index contributed by atoms with van der Waals surface area (Å²) in [5, 5.41) is 6.60. The van der Waals surface area contributed by atoms with E-state index in [1.165, 1.54) is 0 Å². The summed E-state index contributed by atoms with van der Waals surface area (Å²) in [5.74, 6) is -0.986. The summed E-state index contributed by atoms with van der Waals surface area (Å²) in [6.45, 7) is 0.277. The molecule has 0 amide bonds. The van der Waals surface area contributed by atoms with Crippen LogP contribution in [0.1, 0.15) is 44.9 Å². The van der Waals surface area contributed by atoms with Gasteiger partial charge in [0.15, 0.2) is 0 Å². The van der Waals surface area contributed by atoms with E-state index in [1.807, 2.05) is 0 Å². The molecule has 0 aliphatic carbocycles. The molecule has 8 nitrogen and oxygen atoms in total. The van der Waals surface area contributed by atoms with Crippen LogP contribution < -0.4 is 0 Å². The van der Waals surface area contributed by atoms with Crippen LogP contribution in [0.5, 0.6) is 0 Å². The van der Waals surface area contributed by atoms with Crippen molar-refractivity contribution in [3.8, 4) is 0 Å². The molecule has 0 aliphatic rings. The van der Waals surface area contributed by atoms with Crippen molar-refractivity contribution in [2.24, 2.45) is 0 Å². The van der Waals surface area contributed by atoms with Crippen LogP contribution in [0.3, 0.4) is 0 Å². The Bertz CT molecular complexity index is 442. The van der Waals surface area contributed by atoms with Gasteiger partial charge in [-0.1, -0.05) is 32.1 Å². The van der Waals surface area contributed by atoms with Gasteiger partial charge in [0.25, 0.3) is 20.2 Å². The van der Waals surface area contributed by atoms with Crippen molar-refractivity contribution < 1.29 is 36.1 Å². The second-order valence-electron chi connectivity index (χ2n) is 4.63. The van der Waals surface area contributed by atoms with Crippen LogP contribution in [0.4, 0.5) is 0 Å². The van der Waals surface area contributed by atoms with E-state index in [0.29, 0.717) is 12.8 Å². The Morgan fingerprint density at radius 2 is 1.35 bits per heavy atom. The molecule has 0 rings (SSSR count). The number of hydrogen-bond donors (Lipinski definition) is 3. The lowest BCUT2D eigenvalue weighted by molar-refractivity contribution is -0.242. The zero-order valence-corrected chi connectivity index (χ0v) is 12.8. The van der Waals surface area contributed by atoms with Crippen LogP contribution in [0.2, 0.25) is 0 Å². The fourth-order valence-electron chi connectivity index (χ4n) is 1.80. The van der Waals surface area contributed by atoms with Gasteiger partial charge in [0.05, 0.1) is 12.4 Å². The monoisotopic (exact) mass is 334 g/mol. The molecule has 0 saturated heterocycles. The quantitative estimate of drug-likeness (QED) is 0.210. The predicted octanol–water partition coefficient (Wildman–Crippen LogP) is 1.35. The molecule has 3 N–H and O–H groups in total. The first kappa shape index (κ1) is 19.7. The molecule has 122 valence electrons. The van der Waals surface area contributed by atoms with Crippen LogP contribution in [0, 0.1) is 0 Å². The molecule has 1 atom stereocenters. The van der Waals surface area contributed by atoms with E-state index in [0.717, 1.165) is 25.7 Å². The van der Waals surface area contributed by atoms with Crippen molar-refractivity contribution in [1.29, 1.82) is 0 Å². The summed E-state index contributed by atoms with van der Waals surface area (Å²) in [5.41, 5.74) is 0. The minimum absolute atomic E-state index is 0.0155. The summed E-state index contributed by atoms with van der Waals surface area (Å²) in [4.78, 5) is 3.91.